The fraction of sp³-hybridized carbons (Fsp3) is 0.100. The van der Waals surface area contributed by atoms with Gasteiger partial charge in [0.2, 0.25) is 0 Å². The molecule has 2 aromatic heterocycles. The Labute approximate surface area is 193 Å². The van der Waals surface area contributed by atoms with E-state index in [1.807, 2.05) is 6.20 Å². The van der Waals surface area contributed by atoms with Crippen LogP contribution in [0.15, 0.2) is 97.3 Å². The molecule has 4 aromatic carbocycles. The van der Waals surface area contributed by atoms with Crippen LogP contribution >= 0.6 is 0 Å². The first kappa shape index (κ1) is 19.6. The lowest BCUT2D eigenvalue weighted by Gasteiger charge is -2.14. The second-order valence-corrected chi connectivity index (χ2v) is 8.78. The quantitative estimate of drug-likeness (QED) is 0.286. The van der Waals surface area contributed by atoms with Gasteiger partial charge in [-0.1, -0.05) is 48.5 Å². The number of aromatic nitrogens is 3. The number of fused-ring (bicyclic) bond motifs is 3. The molecule has 0 bridgehead atoms. The Kier molecular flexibility index (Phi) is 4.44. The first-order valence-electron chi connectivity index (χ1n) is 11.3. The lowest BCUT2D eigenvalue weighted by Crippen LogP contribution is -2.01. The van der Waals surface area contributed by atoms with Crippen molar-refractivity contribution in [1.82, 2.24) is 14.1 Å². The maximum atomic E-state index is 4.76. The van der Waals surface area contributed by atoms with Crippen molar-refractivity contribution in [3.63, 3.8) is 0 Å². The monoisotopic (exact) mass is 427 g/mol. The van der Waals surface area contributed by atoms with E-state index in [0.717, 1.165) is 11.4 Å². The first-order valence-corrected chi connectivity index (χ1v) is 11.3. The third kappa shape index (κ3) is 3.08. The molecular weight excluding hydrogens is 402 g/mol. The largest absolute Gasteiger partial charge is 0.309 e. The number of rotatable bonds is 3. The predicted octanol–water partition coefficient (Wildman–Crippen LogP) is 7.56. The Morgan fingerprint density at radius 1 is 0.667 bits per heavy atom. The number of imidazole rings is 1. The van der Waals surface area contributed by atoms with Gasteiger partial charge in [-0.05, 0) is 73.9 Å². The Morgan fingerprint density at radius 3 is 2.24 bits per heavy atom. The van der Waals surface area contributed by atoms with Gasteiger partial charge < -0.3 is 4.57 Å². The van der Waals surface area contributed by atoms with Crippen molar-refractivity contribution in [1.29, 1.82) is 0 Å². The third-order valence-electron chi connectivity index (χ3n) is 6.51. The molecule has 3 nitrogen and oxygen atoms in total. The zero-order valence-electron chi connectivity index (χ0n) is 19.1. The Bertz CT molecular complexity index is 1630. The van der Waals surface area contributed by atoms with Gasteiger partial charge in [-0.15, -0.1) is 0 Å². The van der Waals surface area contributed by atoms with Crippen LogP contribution < -0.4 is 0 Å². The van der Waals surface area contributed by atoms with Gasteiger partial charge >= 0.3 is 0 Å². The lowest BCUT2D eigenvalue weighted by molar-refractivity contribution is 1.03. The number of nitrogens with zero attached hydrogens (tertiary/aromatic N) is 3. The molecule has 0 saturated carbocycles. The first-order chi connectivity index (χ1) is 16.1. The summed E-state index contributed by atoms with van der Waals surface area (Å²) in [5.41, 5.74) is 9.66. The van der Waals surface area contributed by atoms with Crippen LogP contribution in [-0.2, 0) is 0 Å². The number of hydrogen-bond donors (Lipinski definition) is 0. The minimum Gasteiger partial charge on any atom is -0.309 e. The van der Waals surface area contributed by atoms with E-state index in [1.54, 1.807) is 0 Å². The summed E-state index contributed by atoms with van der Waals surface area (Å²) in [5, 5.41) is 2.49. The van der Waals surface area contributed by atoms with E-state index in [9.17, 15) is 0 Å². The second-order valence-electron chi connectivity index (χ2n) is 8.78. The van der Waals surface area contributed by atoms with Crippen molar-refractivity contribution >= 4 is 21.8 Å². The van der Waals surface area contributed by atoms with Crippen molar-refractivity contribution in [2.45, 2.75) is 20.8 Å². The molecule has 0 fully saturated rings. The predicted molar refractivity (Wildman–Crippen MR) is 138 cm³/mol. The van der Waals surface area contributed by atoms with Crippen molar-refractivity contribution < 1.29 is 0 Å². The highest BCUT2D eigenvalue weighted by Crippen LogP contribution is 2.35. The van der Waals surface area contributed by atoms with Crippen LogP contribution in [0.5, 0.6) is 0 Å². The Hall–Kier alpha value is -4.11. The molecule has 0 radical (unpaired) electrons. The second kappa shape index (κ2) is 7.49. The SMILES string of the molecule is Cc1cccc(-n2c3ccccc3c3cc(-c4nccn4-c4c(C)cccc4C)ccc32)c1. The molecule has 6 rings (SSSR count). The molecule has 6 aromatic rings. The van der Waals surface area contributed by atoms with E-state index in [1.165, 1.54) is 49.9 Å². The van der Waals surface area contributed by atoms with Crippen LogP contribution in [0.1, 0.15) is 16.7 Å². The highest BCUT2D eigenvalue weighted by molar-refractivity contribution is 6.10. The van der Waals surface area contributed by atoms with Crippen molar-refractivity contribution in [2.75, 3.05) is 0 Å². The van der Waals surface area contributed by atoms with Crippen LogP contribution in [0.3, 0.4) is 0 Å². The van der Waals surface area contributed by atoms with Crippen molar-refractivity contribution in [3.05, 3.63) is 114 Å². The maximum Gasteiger partial charge on any atom is 0.144 e. The van der Waals surface area contributed by atoms with E-state index < -0.39 is 0 Å². The molecule has 0 atom stereocenters. The van der Waals surface area contributed by atoms with E-state index in [0.29, 0.717) is 0 Å². The molecule has 0 unspecified atom stereocenters. The van der Waals surface area contributed by atoms with E-state index in [4.69, 9.17) is 4.98 Å². The number of hydrogen-bond acceptors (Lipinski definition) is 1. The highest BCUT2D eigenvalue weighted by Gasteiger charge is 2.16. The molecule has 0 N–H and O–H groups in total. The smallest absolute Gasteiger partial charge is 0.144 e. The van der Waals surface area contributed by atoms with Crippen LogP contribution in [0, 0.1) is 20.8 Å². The summed E-state index contributed by atoms with van der Waals surface area (Å²) in [4.78, 5) is 4.76. The summed E-state index contributed by atoms with van der Waals surface area (Å²) in [5.74, 6) is 0.960. The summed E-state index contributed by atoms with van der Waals surface area (Å²) in [7, 11) is 0. The molecule has 2 heterocycles. The number of para-hydroxylation sites is 2. The Morgan fingerprint density at radius 2 is 1.42 bits per heavy atom. The fourth-order valence-electron chi connectivity index (χ4n) is 5.04. The summed E-state index contributed by atoms with van der Waals surface area (Å²) in [6.07, 6.45) is 3.95. The van der Waals surface area contributed by atoms with Gasteiger partial charge in [0.05, 0.1) is 16.7 Å². The highest BCUT2D eigenvalue weighted by atomic mass is 15.1. The zero-order chi connectivity index (χ0) is 22.5. The van der Waals surface area contributed by atoms with E-state index in [-0.39, 0.29) is 0 Å². The number of benzene rings is 4. The van der Waals surface area contributed by atoms with Gasteiger partial charge in [0.15, 0.2) is 0 Å². The molecule has 0 aliphatic carbocycles. The standard InChI is InChI=1S/C30H25N3/c1-20-8-6-11-24(18-20)33-27-13-5-4-12-25(27)26-19-23(14-15-28(26)33)30-31-16-17-32(30)29-21(2)9-7-10-22(29)3/h4-19H,1-3H3. The van der Waals surface area contributed by atoms with Crippen LogP contribution in [0.4, 0.5) is 0 Å². The molecule has 33 heavy (non-hydrogen) atoms. The van der Waals surface area contributed by atoms with Gasteiger partial charge in [0.25, 0.3) is 0 Å². The van der Waals surface area contributed by atoms with Gasteiger partial charge in [0.1, 0.15) is 5.82 Å². The lowest BCUT2D eigenvalue weighted by atomic mass is 10.1. The topological polar surface area (TPSA) is 22.8 Å². The third-order valence-corrected chi connectivity index (χ3v) is 6.51. The minimum absolute atomic E-state index is 0.960. The molecule has 160 valence electrons. The summed E-state index contributed by atoms with van der Waals surface area (Å²) in [6.45, 7) is 6.46. The average Bonchev–Trinajstić information content (AvgIpc) is 3.41. The number of aryl methyl sites for hydroxylation is 3. The van der Waals surface area contributed by atoms with Crippen LogP contribution in [0.2, 0.25) is 0 Å². The van der Waals surface area contributed by atoms with Gasteiger partial charge in [-0.3, -0.25) is 4.57 Å². The molecule has 3 heteroatoms. The normalized spacial score (nSPS) is 11.5. The maximum absolute atomic E-state index is 4.76. The average molecular weight is 428 g/mol. The minimum atomic E-state index is 0.960. The van der Waals surface area contributed by atoms with Crippen LogP contribution in [-0.4, -0.2) is 14.1 Å². The summed E-state index contributed by atoms with van der Waals surface area (Å²) >= 11 is 0. The van der Waals surface area contributed by atoms with Gasteiger partial charge in [-0.25, -0.2) is 4.98 Å². The van der Waals surface area contributed by atoms with Crippen LogP contribution in [0.25, 0.3) is 44.6 Å². The molecule has 0 amide bonds. The van der Waals surface area contributed by atoms with Crippen molar-refractivity contribution in [2.24, 2.45) is 0 Å². The molecular formula is C30H25N3. The van der Waals surface area contributed by atoms with Gasteiger partial charge in [-0.2, -0.15) is 0 Å². The molecule has 0 spiro atoms. The van der Waals surface area contributed by atoms with Gasteiger partial charge in [0, 0.05) is 34.4 Å². The zero-order valence-corrected chi connectivity index (χ0v) is 19.1. The summed E-state index contributed by atoms with van der Waals surface area (Å²) < 4.78 is 4.57. The molecule has 0 aliphatic rings. The van der Waals surface area contributed by atoms with Crippen molar-refractivity contribution in [3.8, 4) is 22.8 Å². The molecule has 0 aliphatic heterocycles. The van der Waals surface area contributed by atoms with E-state index >= 15 is 0 Å². The van der Waals surface area contributed by atoms with E-state index in [2.05, 4.69) is 121 Å². The summed E-state index contributed by atoms with van der Waals surface area (Å²) in [6, 6.07) is 30.5. The Balaban J connectivity index is 1.61. The fourth-order valence-corrected chi connectivity index (χ4v) is 5.04. The molecule has 0 saturated heterocycles.